The van der Waals surface area contributed by atoms with Crippen molar-refractivity contribution < 1.29 is 22.7 Å². The second-order valence-electron chi connectivity index (χ2n) is 5.67. The van der Waals surface area contributed by atoms with Gasteiger partial charge in [0.1, 0.15) is 5.75 Å². The Morgan fingerprint density at radius 1 is 1.12 bits per heavy atom. The maximum atomic E-state index is 12.9. The Morgan fingerprint density at radius 3 is 2.50 bits per heavy atom. The Bertz CT molecular complexity index is 718. The predicted octanol–water partition coefficient (Wildman–Crippen LogP) is 4.22. The largest absolute Gasteiger partial charge is 0.491 e. The quantitative estimate of drug-likeness (QED) is 0.735. The van der Waals surface area contributed by atoms with Crippen molar-refractivity contribution in [3.05, 3.63) is 59.7 Å². The monoisotopic (exact) mass is 366 g/mol. The van der Waals surface area contributed by atoms with E-state index in [9.17, 15) is 18.0 Å². The van der Waals surface area contributed by atoms with Crippen molar-refractivity contribution in [1.29, 1.82) is 0 Å². The third-order valence-electron chi connectivity index (χ3n) is 3.54. The first-order chi connectivity index (χ1) is 12.4. The number of alkyl halides is 3. The number of hydrogen-bond donors (Lipinski definition) is 2. The van der Waals surface area contributed by atoms with Crippen LogP contribution in [0.25, 0.3) is 0 Å². The number of anilines is 1. The van der Waals surface area contributed by atoms with Crippen LogP contribution in [0.4, 0.5) is 18.9 Å². The summed E-state index contributed by atoms with van der Waals surface area (Å²) in [6, 6.07) is 12.5. The minimum atomic E-state index is -4.46. The third-order valence-corrected chi connectivity index (χ3v) is 3.54. The lowest BCUT2D eigenvalue weighted by molar-refractivity contribution is -0.137. The van der Waals surface area contributed by atoms with Crippen LogP contribution in [0.2, 0.25) is 0 Å². The van der Waals surface area contributed by atoms with E-state index in [1.807, 2.05) is 37.3 Å². The van der Waals surface area contributed by atoms with Crippen LogP contribution in [0, 0.1) is 0 Å². The van der Waals surface area contributed by atoms with E-state index in [1.165, 1.54) is 6.07 Å². The van der Waals surface area contributed by atoms with Gasteiger partial charge in [-0.05, 0) is 30.2 Å². The molecular formula is C19H21F3N2O2. The van der Waals surface area contributed by atoms with Crippen LogP contribution in [-0.2, 0) is 17.5 Å². The molecule has 0 saturated carbocycles. The SMILES string of the molecule is CCCOc1ccc(C(F)(F)F)cc1NCC(=O)NCc1ccccc1. The van der Waals surface area contributed by atoms with E-state index in [0.717, 1.165) is 24.1 Å². The zero-order valence-corrected chi connectivity index (χ0v) is 14.4. The molecule has 0 aromatic heterocycles. The molecule has 2 aromatic carbocycles. The number of hydrogen-bond acceptors (Lipinski definition) is 3. The van der Waals surface area contributed by atoms with Gasteiger partial charge in [-0.2, -0.15) is 13.2 Å². The molecule has 0 aliphatic rings. The van der Waals surface area contributed by atoms with Crippen molar-refractivity contribution >= 4 is 11.6 Å². The molecule has 4 nitrogen and oxygen atoms in total. The van der Waals surface area contributed by atoms with Crippen LogP contribution >= 0.6 is 0 Å². The Hall–Kier alpha value is -2.70. The number of carbonyl (C=O) groups is 1. The molecule has 0 atom stereocenters. The van der Waals surface area contributed by atoms with Gasteiger partial charge < -0.3 is 15.4 Å². The molecule has 0 bridgehead atoms. The van der Waals surface area contributed by atoms with Crippen molar-refractivity contribution in [2.75, 3.05) is 18.5 Å². The molecule has 0 heterocycles. The molecule has 2 aromatic rings. The van der Waals surface area contributed by atoms with Crippen LogP contribution in [0.1, 0.15) is 24.5 Å². The number of ether oxygens (including phenoxy) is 1. The summed E-state index contributed by atoms with van der Waals surface area (Å²) in [5.74, 6) is -0.0385. The van der Waals surface area contributed by atoms with Crippen LogP contribution in [0.5, 0.6) is 5.75 Å². The van der Waals surface area contributed by atoms with Crippen molar-refractivity contribution in [2.24, 2.45) is 0 Å². The van der Waals surface area contributed by atoms with E-state index in [0.29, 0.717) is 13.2 Å². The lowest BCUT2D eigenvalue weighted by atomic mass is 10.1. The predicted molar refractivity (Wildman–Crippen MR) is 94.0 cm³/mol. The highest BCUT2D eigenvalue weighted by molar-refractivity contribution is 5.81. The molecular weight excluding hydrogens is 345 g/mol. The summed E-state index contributed by atoms with van der Waals surface area (Å²) in [4.78, 5) is 12.0. The second kappa shape index (κ2) is 9.12. The number of amides is 1. The molecule has 0 fully saturated rings. The summed E-state index contributed by atoms with van der Waals surface area (Å²) in [5.41, 5.74) is 0.281. The van der Waals surface area contributed by atoms with Crippen LogP contribution < -0.4 is 15.4 Å². The lowest BCUT2D eigenvalue weighted by Crippen LogP contribution is -2.29. The zero-order chi connectivity index (χ0) is 19.0. The van der Waals surface area contributed by atoms with Gasteiger partial charge in [0.05, 0.1) is 24.4 Å². The first kappa shape index (κ1) is 19.6. The summed E-state index contributed by atoms with van der Waals surface area (Å²) in [6.45, 7) is 2.47. The highest BCUT2D eigenvalue weighted by Crippen LogP contribution is 2.35. The van der Waals surface area contributed by atoms with Gasteiger partial charge in [-0.1, -0.05) is 37.3 Å². The van der Waals surface area contributed by atoms with Gasteiger partial charge in [-0.25, -0.2) is 0 Å². The fourth-order valence-corrected chi connectivity index (χ4v) is 2.22. The van der Waals surface area contributed by atoms with E-state index in [4.69, 9.17) is 4.74 Å². The summed E-state index contributed by atoms with van der Waals surface area (Å²) < 4.78 is 44.2. The van der Waals surface area contributed by atoms with Gasteiger partial charge in [-0.3, -0.25) is 4.79 Å². The van der Waals surface area contributed by atoms with E-state index in [2.05, 4.69) is 10.6 Å². The highest BCUT2D eigenvalue weighted by atomic mass is 19.4. The summed E-state index contributed by atoms with van der Waals surface area (Å²) >= 11 is 0. The van der Waals surface area contributed by atoms with Gasteiger partial charge in [0.2, 0.25) is 5.91 Å². The number of carbonyl (C=O) groups excluding carboxylic acids is 1. The maximum Gasteiger partial charge on any atom is 0.416 e. The molecule has 1 amide bonds. The van der Waals surface area contributed by atoms with Crippen LogP contribution in [0.3, 0.4) is 0 Å². The molecule has 0 saturated heterocycles. The average molecular weight is 366 g/mol. The molecule has 0 unspecified atom stereocenters. The zero-order valence-electron chi connectivity index (χ0n) is 14.4. The van der Waals surface area contributed by atoms with Gasteiger partial charge in [0.15, 0.2) is 0 Å². The Morgan fingerprint density at radius 2 is 1.85 bits per heavy atom. The van der Waals surface area contributed by atoms with Gasteiger partial charge in [0.25, 0.3) is 0 Å². The molecule has 2 rings (SSSR count). The topological polar surface area (TPSA) is 50.4 Å². The molecule has 7 heteroatoms. The van der Waals surface area contributed by atoms with E-state index in [-0.39, 0.29) is 23.9 Å². The fraction of sp³-hybridized carbons (Fsp3) is 0.316. The van der Waals surface area contributed by atoms with Gasteiger partial charge >= 0.3 is 6.18 Å². The third kappa shape index (κ3) is 5.98. The fourth-order valence-electron chi connectivity index (χ4n) is 2.22. The second-order valence-corrected chi connectivity index (χ2v) is 5.67. The van der Waals surface area contributed by atoms with Crippen molar-refractivity contribution in [3.8, 4) is 5.75 Å². The normalized spacial score (nSPS) is 11.1. The average Bonchev–Trinajstić information content (AvgIpc) is 2.63. The van der Waals surface area contributed by atoms with Crippen molar-refractivity contribution in [3.63, 3.8) is 0 Å². The van der Waals surface area contributed by atoms with Crippen LogP contribution in [-0.4, -0.2) is 19.1 Å². The van der Waals surface area contributed by atoms with Crippen LogP contribution in [0.15, 0.2) is 48.5 Å². The van der Waals surface area contributed by atoms with Gasteiger partial charge in [0, 0.05) is 6.54 Å². The van der Waals surface area contributed by atoms with Crippen molar-refractivity contribution in [1.82, 2.24) is 5.32 Å². The molecule has 26 heavy (non-hydrogen) atoms. The van der Waals surface area contributed by atoms with E-state index >= 15 is 0 Å². The van der Waals surface area contributed by atoms with E-state index in [1.54, 1.807) is 0 Å². The summed E-state index contributed by atoms with van der Waals surface area (Å²) in [6.07, 6.45) is -3.74. The first-order valence-electron chi connectivity index (χ1n) is 8.28. The number of rotatable bonds is 8. The number of nitrogens with one attached hydrogen (secondary N) is 2. The highest BCUT2D eigenvalue weighted by Gasteiger charge is 2.31. The minimum Gasteiger partial charge on any atom is -0.491 e. The smallest absolute Gasteiger partial charge is 0.416 e. The number of halogens is 3. The van der Waals surface area contributed by atoms with E-state index < -0.39 is 11.7 Å². The molecule has 0 radical (unpaired) electrons. The Balaban J connectivity index is 2.00. The molecule has 0 aliphatic carbocycles. The molecule has 0 aliphatic heterocycles. The first-order valence-corrected chi connectivity index (χ1v) is 8.28. The minimum absolute atomic E-state index is 0.142. The summed E-state index contributed by atoms with van der Waals surface area (Å²) in [5, 5.41) is 5.45. The Kier molecular flexibility index (Phi) is 6.89. The molecule has 140 valence electrons. The lowest BCUT2D eigenvalue weighted by Gasteiger charge is -2.15. The Labute approximate surface area is 150 Å². The summed E-state index contributed by atoms with van der Waals surface area (Å²) in [7, 11) is 0. The standard InChI is InChI=1S/C19H21F3N2O2/c1-2-10-26-17-9-8-15(19(20,21)22)11-16(17)23-13-18(25)24-12-14-6-4-3-5-7-14/h3-9,11,23H,2,10,12-13H2,1H3,(H,24,25). The molecule has 2 N–H and O–H groups in total. The number of benzene rings is 2. The van der Waals surface area contributed by atoms with Crippen molar-refractivity contribution in [2.45, 2.75) is 26.1 Å². The maximum absolute atomic E-state index is 12.9. The van der Waals surface area contributed by atoms with Gasteiger partial charge in [-0.15, -0.1) is 0 Å². The molecule has 0 spiro atoms.